The van der Waals surface area contributed by atoms with Gasteiger partial charge in [0.25, 0.3) is 0 Å². The third-order valence-electron chi connectivity index (χ3n) is 5.93. The quantitative estimate of drug-likeness (QED) is 0.635. The van der Waals surface area contributed by atoms with Crippen LogP contribution in [0.5, 0.6) is 0 Å². The maximum atomic E-state index is 12.8. The van der Waals surface area contributed by atoms with Crippen LogP contribution in [0.25, 0.3) is 0 Å². The predicted molar refractivity (Wildman–Crippen MR) is 112 cm³/mol. The van der Waals surface area contributed by atoms with E-state index in [1.165, 1.54) is 11.4 Å². The second-order valence-corrected chi connectivity index (χ2v) is 9.85. The first-order valence-corrected chi connectivity index (χ1v) is 12.0. The molecule has 1 aromatic rings. The summed E-state index contributed by atoms with van der Waals surface area (Å²) >= 11 is 0. The summed E-state index contributed by atoms with van der Waals surface area (Å²) in [6, 6.07) is 8.17. The van der Waals surface area contributed by atoms with E-state index in [-0.39, 0.29) is 41.7 Å². The Kier molecular flexibility index (Phi) is 7.66. The standard InChI is InChI=1S/C21H29N3O6S/c1-30-21(27)16-9-12-23(13-10-16)19(25)14-22-20(26)17-6-5-11-24(15-17)31(28,29)18-7-3-2-4-8-18/h2-4,7-8,16-17H,5-6,9-15H2,1H3,(H,22,26)/t17-/m1/s1. The molecule has 2 fully saturated rings. The smallest absolute Gasteiger partial charge is 0.308 e. The Morgan fingerprint density at radius 3 is 2.35 bits per heavy atom. The molecule has 9 nitrogen and oxygen atoms in total. The third-order valence-corrected chi connectivity index (χ3v) is 7.81. The van der Waals surface area contributed by atoms with E-state index in [0.717, 1.165) is 0 Å². The lowest BCUT2D eigenvalue weighted by Gasteiger charge is -2.32. The zero-order valence-corrected chi connectivity index (χ0v) is 18.5. The molecule has 0 bridgehead atoms. The Labute approximate surface area is 182 Å². The van der Waals surface area contributed by atoms with Crippen molar-refractivity contribution in [2.75, 3.05) is 39.8 Å². The monoisotopic (exact) mass is 451 g/mol. The van der Waals surface area contributed by atoms with Crippen LogP contribution in [0.15, 0.2) is 35.2 Å². The molecule has 0 spiro atoms. The number of nitrogens with one attached hydrogen (secondary N) is 1. The molecule has 1 atom stereocenters. The second kappa shape index (κ2) is 10.2. The zero-order chi connectivity index (χ0) is 22.4. The molecular formula is C21H29N3O6S. The molecule has 10 heteroatoms. The Bertz CT molecular complexity index is 897. The van der Waals surface area contributed by atoms with Crippen molar-refractivity contribution in [3.8, 4) is 0 Å². The van der Waals surface area contributed by atoms with Crippen molar-refractivity contribution < 1.29 is 27.5 Å². The van der Waals surface area contributed by atoms with Gasteiger partial charge in [0, 0.05) is 26.2 Å². The first kappa shape index (κ1) is 23.2. The summed E-state index contributed by atoms with van der Waals surface area (Å²) in [6.45, 7) is 1.22. The van der Waals surface area contributed by atoms with Gasteiger partial charge in [0.15, 0.2) is 0 Å². The number of rotatable bonds is 6. The average molecular weight is 452 g/mol. The molecule has 2 aliphatic heterocycles. The van der Waals surface area contributed by atoms with Crippen molar-refractivity contribution in [2.45, 2.75) is 30.6 Å². The van der Waals surface area contributed by atoms with Gasteiger partial charge in [-0.3, -0.25) is 14.4 Å². The van der Waals surface area contributed by atoms with Gasteiger partial charge in [-0.1, -0.05) is 18.2 Å². The number of likely N-dealkylation sites (tertiary alicyclic amines) is 1. The minimum atomic E-state index is -3.65. The molecule has 2 aliphatic rings. The number of esters is 1. The van der Waals surface area contributed by atoms with Gasteiger partial charge in [0.1, 0.15) is 0 Å². The highest BCUT2D eigenvalue weighted by atomic mass is 32.2. The number of benzene rings is 1. The molecular weight excluding hydrogens is 422 g/mol. The number of carbonyl (C=O) groups excluding carboxylic acids is 3. The summed E-state index contributed by atoms with van der Waals surface area (Å²) in [6.07, 6.45) is 2.24. The minimum Gasteiger partial charge on any atom is -0.469 e. The molecule has 2 amide bonds. The lowest BCUT2D eigenvalue weighted by Crippen LogP contribution is -2.48. The number of ether oxygens (including phenoxy) is 1. The number of hydrogen-bond donors (Lipinski definition) is 1. The van der Waals surface area contributed by atoms with Gasteiger partial charge in [-0.25, -0.2) is 8.42 Å². The van der Waals surface area contributed by atoms with Crippen LogP contribution in [0.1, 0.15) is 25.7 Å². The van der Waals surface area contributed by atoms with Crippen LogP contribution in [0, 0.1) is 11.8 Å². The summed E-state index contributed by atoms with van der Waals surface area (Å²) in [5, 5.41) is 2.66. The largest absolute Gasteiger partial charge is 0.469 e. The number of amides is 2. The molecule has 0 aromatic heterocycles. The highest BCUT2D eigenvalue weighted by Crippen LogP contribution is 2.24. The molecule has 0 saturated carbocycles. The molecule has 170 valence electrons. The summed E-state index contributed by atoms with van der Waals surface area (Å²) < 4.78 is 31.7. The maximum Gasteiger partial charge on any atom is 0.308 e. The van der Waals surface area contributed by atoms with Gasteiger partial charge in [-0.2, -0.15) is 4.31 Å². The fourth-order valence-corrected chi connectivity index (χ4v) is 5.61. The zero-order valence-electron chi connectivity index (χ0n) is 17.7. The number of nitrogens with zero attached hydrogens (tertiary/aromatic N) is 2. The van der Waals surface area contributed by atoms with Crippen LogP contribution in [-0.4, -0.2) is 75.2 Å². The van der Waals surface area contributed by atoms with Crippen molar-refractivity contribution in [1.29, 1.82) is 0 Å². The van der Waals surface area contributed by atoms with Gasteiger partial charge in [0.2, 0.25) is 21.8 Å². The van der Waals surface area contributed by atoms with Crippen LogP contribution in [0.4, 0.5) is 0 Å². The topological polar surface area (TPSA) is 113 Å². The number of hydrogen-bond acceptors (Lipinski definition) is 6. The van der Waals surface area contributed by atoms with Gasteiger partial charge >= 0.3 is 5.97 Å². The molecule has 0 aliphatic carbocycles. The normalized spacial score (nSPS) is 20.8. The summed E-state index contributed by atoms with van der Waals surface area (Å²) in [5.41, 5.74) is 0. The molecule has 0 unspecified atom stereocenters. The van der Waals surface area contributed by atoms with Crippen molar-refractivity contribution in [2.24, 2.45) is 11.8 Å². The molecule has 31 heavy (non-hydrogen) atoms. The molecule has 2 heterocycles. The van der Waals surface area contributed by atoms with E-state index in [2.05, 4.69) is 5.32 Å². The number of sulfonamides is 1. The first-order chi connectivity index (χ1) is 14.8. The van der Waals surface area contributed by atoms with E-state index >= 15 is 0 Å². The van der Waals surface area contributed by atoms with E-state index in [0.29, 0.717) is 45.3 Å². The highest BCUT2D eigenvalue weighted by Gasteiger charge is 2.34. The predicted octanol–water partition coefficient (Wildman–Crippen LogP) is 0.615. The molecule has 1 N–H and O–H groups in total. The Hall–Kier alpha value is -2.46. The summed E-state index contributed by atoms with van der Waals surface area (Å²) in [4.78, 5) is 38.5. The number of piperidine rings is 2. The lowest BCUT2D eigenvalue weighted by molar-refractivity contribution is -0.148. The van der Waals surface area contributed by atoms with E-state index in [4.69, 9.17) is 4.74 Å². The average Bonchev–Trinajstić information content (AvgIpc) is 2.82. The summed E-state index contributed by atoms with van der Waals surface area (Å²) in [7, 11) is -2.30. The van der Waals surface area contributed by atoms with E-state index in [1.807, 2.05) is 0 Å². The fraction of sp³-hybridized carbons (Fsp3) is 0.571. The minimum absolute atomic E-state index is 0.0990. The molecule has 3 rings (SSSR count). The highest BCUT2D eigenvalue weighted by molar-refractivity contribution is 7.89. The van der Waals surface area contributed by atoms with Gasteiger partial charge < -0.3 is 15.0 Å². The Morgan fingerprint density at radius 2 is 1.71 bits per heavy atom. The van der Waals surface area contributed by atoms with E-state index in [9.17, 15) is 22.8 Å². The van der Waals surface area contributed by atoms with E-state index in [1.54, 1.807) is 35.2 Å². The Morgan fingerprint density at radius 1 is 1.03 bits per heavy atom. The molecule has 0 radical (unpaired) electrons. The van der Waals surface area contributed by atoms with Gasteiger partial charge in [0.05, 0.1) is 30.4 Å². The van der Waals surface area contributed by atoms with Crippen LogP contribution >= 0.6 is 0 Å². The SMILES string of the molecule is COC(=O)C1CCN(C(=O)CNC(=O)[C@@H]2CCCN(S(=O)(=O)c3ccccc3)C2)CC1. The van der Waals surface area contributed by atoms with Crippen molar-refractivity contribution >= 4 is 27.8 Å². The second-order valence-electron chi connectivity index (χ2n) is 7.91. The third kappa shape index (κ3) is 5.62. The van der Waals surface area contributed by atoms with Crippen molar-refractivity contribution in [1.82, 2.24) is 14.5 Å². The molecule has 2 saturated heterocycles. The van der Waals surface area contributed by atoms with Crippen LogP contribution in [0.3, 0.4) is 0 Å². The fourth-order valence-electron chi connectivity index (χ4n) is 4.07. The Balaban J connectivity index is 1.49. The number of methoxy groups -OCH3 is 1. The first-order valence-electron chi connectivity index (χ1n) is 10.5. The van der Waals surface area contributed by atoms with Crippen LogP contribution in [-0.2, 0) is 29.1 Å². The molecule has 1 aromatic carbocycles. The number of carbonyl (C=O) groups is 3. The van der Waals surface area contributed by atoms with E-state index < -0.39 is 15.9 Å². The van der Waals surface area contributed by atoms with Crippen molar-refractivity contribution in [3.05, 3.63) is 30.3 Å². The maximum absolute atomic E-state index is 12.8. The summed E-state index contributed by atoms with van der Waals surface area (Å²) in [5.74, 6) is -1.46. The van der Waals surface area contributed by atoms with Crippen LogP contribution < -0.4 is 5.32 Å². The van der Waals surface area contributed by atoms with Crippen LogP contribution in [0.2, 0.25) is 0 Å². The lowest BCUT2D eigenvalue weighted by atomic mass is 9.97. The van der Waals surface area contributed by atoms with Gasteiger partial charge in [-0.15, -0.1) is 0 Å². The van der Waals surface area contributed by atoms with Crippen molar-refractivity contribution in [3.63, 3.8) is 0 Å². The van der Waals surface area contributed by atoms with Gasteiger partial charge in [-0.05, 0) is 37.8 Å².